The van der Waals surface area contributed by atoms with Gasteiger partial charge in [-0.1, -0.05) is 44.2 Å². The van der Waals surface area contributed by atoms with Crippen LogP contribution in [0.2, 0.25) is 0 Å². The molecule has 1 N–H and O–H groups in total. The Bertz CT molecular complexity index is 413. The lowest BCUT2D eigenvalue weighted by Crippen LogP contribution is -2.47. The van der Waals surface area contributed by atoms with Crippen molar-refractivity contribution in [3.63, 3.8) is 0 Å². The molecule has 0 saturated carbocycles. The van der Waals surface area contributed by atoms with Gasteiger partial charge in [-0.3, -0.25) is 0 Å². The van der Waals surface area contributed by atoms with Crippen LogP contribution in [0.25, 0.3) is 0 Å². The highest BCUT2D eigenvalue weighted by Crippen LogP contribution is 2.28. The van der Waals surface area contributed by atoms with E-state index in [-0.39, 0.29) is 5.41 Å². The van der Waals surface area contributed by atoms with E-state index in [1.165, 1.54) is 38.0 Å². The zero-order chi connectivity index (χ0) is 13.3. The molecule has 0 aromatic heterocycles. The van der Waals surface area contributed by atoms with Gasteiger partial charge in [0.05, 0.1) is 0 Å². The van der Waals surface area contributed by atoms with Crippen LogP contribution in [0.3, 0.4) is 0 Å². The maximum Gasteiger partial charge on any atom is 0.0120 e. The number of rotatable bonds is 4. The highest BCUT2D eigenvalue weighted by molar-refractivity contribution is 5.23. The van der Waals surface area contributed by atoms with Gasteiger partial charge in [0.2, 0.25) is 0 Å². The predicted molar refractivity (Wildman–Crippen MR) is 80.4 cm³/mol. The van der Waals surface area contributed by atoms with E-state index < -0.39 is 0 Å². The van der Waals surface area contributed by atoms with Crippen LogP contribution in [0.15, 0.2) is 30.3 Å². The lowest BCUT2D eigenvalue weighted by Gasteiger charge is -2.34. The third-order valence-electron chi connectivity index (χ3n) is 5.00. The lowest BCUT2D eigenvalue weighted by molar-refractivity contribution is 0.214. The van der Waals surface area contributed by atoms with Crippen LogP contribution < -0.4 is 5.32 Å². The first-order valence-corrected chi connectivity index (χ1v) is 7.66. The van der Waals surface area contributed by atoms with Crippen molar-refractivity contribution in [2.75, 3.05) is 26.2 Å². The van der Waals surface area contributed by atoms with Gasteiger partial charge in [-0.2, -0.15) is 0 Å². The third kappa shape index (κ3) is 2.85. The topological polar surface area (TPSA) is 15.3 Å². The normalized spacial score (nSPS) is 30.5. The largest absolute Gasteiger partial charge is 0.313 e. The van der Waals surface area contributed by atoms with Gasteiger partial charge in [0.1, 0.15) is 0 Å². The molecule has 2 fully saturated rings. The molecule has 2 heterocycles. The summed E-state index contributed by atoms with van der Waals surface area (Å²) in [7, 11) is 0. The molecule has 2 nitrogen and oxygen atoms in total. The van der Waals surface area contributed by atoms with Crippen LogP contribution >= 0.6 is 0 Å². The minimum Gasteiger partial charge on any atom is -0.313 e. The minimum atomic E-state index is 0.219. The van der Waals surface area contributed by atoms with E-state index in [2.05, 4.69) is 54.4 Å². The molecule has 0 amide bonds. The molecule has 0 aliphatic carbocycles. The number of piperidine rings is 1. The Kier molecular flexibility index (Phi) is 3.64. The van der Waals surface area contributed by atoms with Gasteiger partial charge in [0, 0.05) is 24.5 Å². The summed E-state index contributed by atoms with van der Waals surface area (Å²) < 4.78 is 0. The molecule has 104 valence electrons. The molecule has 2 aliphatic rings. The number of nitrogens with zero attached hydrogens (tertiary/aromatic N) is 1. The van der Waals surface area contributed by atoms with Crippen molar-refractivity contribution < 1.29 is 0 Å². The van der Waals surface area contributed by atoms with Crippen molar-refractivity contribution in [3.05, 3.63) is 35.9 Å². The maximum absolute atomic E-state index is 3.86. The van der Waals surface area contributed by atoms with Crippen molar-refractivity contribution in [2.45, 2.75) is 38.1 Å². The van der Waals surface area contributed by atoms with Gasteiger partial charge in [-0.25, -0.2) is 0 Å². The summed E-state index contributed by atoms with van der Waals surface area (Å²) in [4.78, 5) is 2.62. The number of nitrogens with one attached hydrogen (secondary N) is 1. The fourth-order valence-corrected chi connectivity index (χ4v) is 3.60. The molecule has 2 saturated heterocycles. The van der Waals surface area contributed by atoms with E-state index in [4.69, 9.17) is 0 Å². The Balaban J connectivity index is 1.59. The molecular formula is C17H26N2. The van der Waals surface area contributed by atoms with Crippen molar-refractivity contribution in [2.24, 2.45) is 5.92 Å². The molecule has 3 rings (SSSR count). The third-order valence-corrected chi connectivity index (χ3v) is 5.00. The van der Waals surface area contributed by atoms with Gasteiger partial charge in [0.25, 0.3) is 0 Å². The Hall–Kier alpha value is -0.860. The molecule has 2 aliphatic heterocycles. The second-order valence-electron chi connectivity index (χ2n) is 6.88. The number of benzene rings is 1. The van der Waals surface area contributed by atoms with E-state index in [9.17, 15) is 0 Å². The number of fused-ring (bicyclic) bond motifs is 2. The first-order valence-electron chi connectivity index (χ1n) is 7.66. The summed E-state index contributed by atoms with van der Waals surface area (Å²) in [6.07, 6.45) is 2.72. The van der Waals surface area contributed by atoms with Gasteiger partial charge >= 0.3 is 0 Å². The summed E-state index contributed by atoms with van der Waals surface area (Å²) >= 11 is 0. The highest BCUT2D eigenvalue weighted by atomic mass is 15.2. The number of hydrogen-bond acceptors (Lipinski definition) is 2. The Labute approximate surface area is 117 Å². The van der Waals surface area contributed by atoms with E-state index in [1.54, 1.807) is 0 Å². The molecule has 1 aromatic carbocycles. The van der Waals surface area contributed by atoms with Gasteiger partial charge in [0.15, 0.2) is 0 Å². The van der Waals surface area contributed by atoms with Crippen LogP contribution in [0, 0.1) is 5.92 Å². The molecular weight excluding hydrogens is 232 g/mol. The smallest absolute Gasteiger partial charge is 0.0120 e. The van der Waals surface area contributed by atoms with Crippen LogP contribution in [0.1, 0.15) is 32.3 Å². The maximum atomic E-state index is 3.86. The van der Waals surface area contributed by atoms with Crippen LogP contribution in [-0.4, -0.2) is 37.1 Å². The molecule has 3 atom stereocenters. The van der Waals surface area contributed by atoms with Gasteiger partial charge < -0.3 is 10.2 Å². The Morgan fingerprint density at radius 3 is 2.68 bits per heavy atom. The predicted octanol–water partition coefficient (Wildman–Crippen LogP) is 2.65. The second-order valence-corrected chi connectivity index (χ2v) is 6.88. The standard InChI is InChI=1S/C17H26N2/c1-17(2,15-6-4-3-5-7-15)13-18-16-9-11-19-10-8-14(16)12-19/h3-7,14,16,18H,8-13H2,1-2H3. The Morgan fingerprint density at radius 2 is 1.89 bits per heavy atom. The van der Waals surface area contributed by atoms with Crippen molar-refractivity contribution in [1.82, 2.24) is 10.2 Å². The average molecular weight is 258 g/mol. The summed E-state index contributed by atoms with van der Waals surface area (Å²) in [5.41, 5.74) is 1.66. The molecule has 0 radical (unpaired) electrons. The Morgan fingerprint density at radius 1 is 1.16 bits per heavy atom. The first-order chi connectivity index (χ1) is 9.15. The monoisotopic (exact) mass is 258 g/mol. The molecule has 3 unspecified atom stereocenters. The summed E-state index contributed by atoms with van der Waals surface area (Å²) in [6, 6.07) is 11.6. The zero-order valence-corrected chi connectivity index (χ0v) is 12.2. The van der Waals surface area contributed by atoms with E-state index >= 15 is 0 Å². The SMILES string of the molecule is CC(C)(CNC1CCN2CCC1C2)c1ccccc1. The van der Waals surface area contributed by atoms with E-state index in [1.807, 2.05) is 0 Å². The van der Waals surface area contributed by atoms with E-state index in [0.29, 0.717) is 0 Å². The fourth-order valence-electron chi connectivity index (χ4n) is 3.60. The fraction of sp³-hybridized carbons (Fsp3) is 0.647. The number of hydrogen-bond donors (Lipinski definition) is 1. The molecule has 1 aromatic rings. The van der Waals surface area contributed by atoms with Crippen LogP contribution in [-0.2, 0) is 5.41 Å². The molecule has 2 bridgehead atoms. The van der Waals surface area contributed by atoms with Gasteiger partial charge in [-0.15, -0.1) is 0 Å². The molecule has 19 heavy (non-hydrogen) atoms. The summed E-state index contributed by atoms with van der Waals surface area (Å²) in [6.45, 7) is 9.71. The lowest BCUT2D eigenvalue weighted by atomic mass is 9.83. The van der Waals surface area contributed by atoms with Crippen LogP contribution in [0.4, 0.5) is 0 Å². The minimum absolute atomic E-state index is 0.219. The average Bonchev–Trinajstić information content (AvgIpc) is 2.81. The first kappa shape index (κ1) is 13.1. The summed E-state index contributed by atoms with van der Waals surface area (Å²) in [5, 5.41) is 3.86. The van der Waals surface area contributed by atoms with Crippen molar-refractivity contribution >= 4 is 0 Å². The van der Waals surface area contributed by atoms with Crippen molar-refractivity contribution in [3.8, 4) is 0 Å². The molecule has 2 heteroatoms. The van der Waals surface area contributed by atoms with Crippen molar-refractivity contribution in [1.29, 1.82) is 0 Å². The van der Waals surface area contributed by atoms with E-state index in [0.717, 1.165) is 18.5 Å². The summed E-state index contributed by atoms with van der Waals surface area (Å²) in [5.74, 6) is 0.889. The quantitative estimate of drug-likeness (QED) is 0.893. The van der Waals surface area contributed by atoms with Crippen LogP contribution in [0.5, 0.6) is 0 Å². The zero-order valence-electron chi connectivity index (χ0n) is 12.2. The highest BCUT2D eigenvalue weighted by Gasteiger charge is 2.34. The second kappa shape index (κ2) is 5.26. The van der Waals surface area contributed by atoms with Gasteiger partial charge in [-0.05, 0) is 37.4 Å². The molecule has 0 spiro atoms.